The summed E-state index contributed by atoms with van der Waals surface area (Å²) >= 11 is 0. The molecule has 0 saturated carbocycles. The van der Waals surface area contributed by atoms with Gasteiger partial charge in [0.25, 0.3) is 0 Å². The third-order valence-corrected chi connectivity index (χ3v) is 7.46. The van der Waals surface area contributed by atoms with E-state index < -0.39 is 6.10 Å². The normalized spacial score (nSPS) is 38.0. The van der Waals surface area contributed by atoms with Gasteiger partial charge >= 0.3 is 5.97 Å². The van der Waals surface area contributed by atoms with Gasteiger partial charge in [0.2, 0.25) is 0 Å². The number of hydrogen-bond donors (Lipinski definition) is 1. The Morgan fingerprint density at radius 3 is 2.72 bits per heavy atom. The molecule has 0 aromatic rings. The number of esters is 1. The number of cyclic esters (lactones) is 1. The van der Waals surface area contributed by atoms with Crippen LogP contribution in [0.25, 0.3) is 0 Å². The first-order valence-electron chi connectivity index (χ1n) is 11.6. The van der Waals surface area contributed by atoms with Gasteiger partial charge in [0, 0.05) is 18.8 Å². The highest BCUT2D eigenvalue weighted by atomic mass is 16.5. The molecule has 3 rings (SSSR count). The van der Waals surface area contributed by atoms with E-state index in [1.54, 1.807) is 0 Å². The Labute approximate surface area is 175 Å². The van der Waals surface area contributed by atoms with Crippen LogP contribution in [0.2, 0.25) is 0 Å². The van der Waals surface area contributed by atoms with Crippen LogP contribution in [0.5, 0.6) is 0 Å². The van der Waals surface area contributed by atoms with Crippen molar-refractivity contribution < 1.29 is 19.4 Å². The van der Waals surface area contributed by atoms with Gasteiger partial charge in [-0.05, 0) is 60.8 Å². The molecule has 4 heteroatoms. The third kappa shape index (κ3) is 5.39. The standard InChI is InChI=1S/C25H38O4/c1-5-16(3)23(27)12-19-11-15(2)10-18-7-6-17(4)22(25(18)19)9-8-21-13-20(26)14-24(28)29-21/h6-7,10,15-17,19-22,25-26H,5,8-9,11-14H2,1-4H3/t15?,16-,17-,19+,20+,21+,22-,25+/m0/s1. The van der Waals surface area contributed by atoms with Crippen LogP contribution in [-0.4, -0.2) is 29.1 Å². The van der Waals surface area contributed by atoms with E-state index in [0.29, 0.717) is 48.2 Å². The van der Waals surface area contributed by atoms with Crippen molar-refractivity contribution in [3.63, 3.8) is 0 Å². The van der Waals surface area contributed by atoms with E-state index in [0.717, 1.165) is 25.7 Å². The maximum Gasteiger partial charge on any atom is 0.308 e. The molecule has 0 aromatic carbocycles. The Hall–Kier alpha value is -1.42. The highest BCUT2D eigenvalue weighted by Gasteiger charge is 2.40. The highest BCUT2D eigenvalue weighted by Crippen LogP contribution is 2.48. The minimum atomic E-state index is -0.572. The quantitative estimate of drug-likeness (QED) is 0.618. The molecule has 1 saturated heterocycles. The molecule has 29 heavy (non-hydrogen) atoms. The highest BCUT2D eigenvalue weighted by molar-refractivity contribution is 5.81. The van der Waals surface area contributed by atoms with Crippen LogP contribution in [0.15, 0.2) is 23.8 Å². The molecule has 0 amide bonds. The van der Waals surface area contributed by atoms with Gasteiger partial charge in [-0.25, -0.2) is 0 Å². The summed E-state index contributed by atoms with van der Waals surface area (Å²) in [5.74, 6) is 2.45. The molecular weight excluding hydrogens is 364 g/mol. The summed E-state index contributed by atoms with van der Waals surface area (Å²) in [4.78, 5) is 24.5. The average Bonchev–Trinajstić information content (AvgIpc) is 2.65. The number of hydrogen-bond acceptors (Lipinski definition) is 4. The molecule has 1 N–H and O–H groups in total. The number of ether oxygens (including phenoxy) is 1. The molecule has 0 aromatic heterocycles. The molecule has 0 bridgehead atoms. The van der Waals surface area contributed by atoms with E-state index in [2.05, 4.69) is 45.9 Å². The zero-order valence-electron chi connectivity index (χ0n) is 18.5. The summed E-state index contributed by atoms with van der Waals surface area (Å²) in [6.07, 6.45) is 11.3. The lowest BCUT2D eigenvalue weighted by Crippen LogP contribution is -2.38. The zero-order valence-corrected chi connectivity index (χ0v) is 18.5. The van der Waals surface area contributed by atoms with Crippen LogP contribution in [0.3, 0.4) is 0 Å². The molecule has 2 aliphatic carbocycles. The molecule has 0 spiro atoms. The SMILES string of the molecule is CC[C@H](C)C(=O)C[C@H]1CC(C)C=C2C=C[C@H](C)[C@H](CC[C@@H]3C[C@@H](O)CC(=O)O3)[C@H]21. The van der Waals surface area contributed by atoms with Crippen molar-refractivity contribution in [2.24, 2.45) is 35.5 Å². The summed E-state index contributed by atoms with van der Waals surface area (Å²) in [5, 5.41) is 9.91. The zero-order chi connectivity index (χ0) is 21.1. The topological polar surface area (TPSA) is 63.6 Å². The molecule has 8 atom stereocenters. The smallest absolute Gasteiger partial charge is 0.308 e. The summed E-state index contributed by atoms with van der Waals surface area (Å²) in [6, 6.07) is 0. The Kier molecular flexibility index (Phi) is 7.37. The predicted octanol–water partition coefficient (Wildman–Crippen LogP) is 4.86. The van der Waals surface area contributed by atoms with Gasteiger partial charge in [0.15, 0.2) is 0 Å². The van der Waals surface area contributed by atoms with Crippen molar-refractivity contribution in [1.29, 1.82) is 0 Å². The van der Waals surface area contributed by atoms with Gasteiger partial charge < -0.3 is 9.84 Å². The number of aliphatic hydroxyl groups is 1. The van der Waals surface area contributed by atoms with E-state index in [9.17, 15) is 14.7 Å². The Balaban J connectivity index is 1.74. The Morgan fingerprint density at radius 2 is 2.03 bits per heavy atom. The maximum absolute atomic E-state index is 12.8. The molecule has 1 aliphatic heterocycles. The van der Waals surface area contributed by atoms with Gasteiger partial charge in [0.1, 0.15) is 11.9 Å². The van der Waals surface area contributed by atoms with Crippen molar-refractivity contribution in [2.75, 3.05) is 0 Å². The van der Waals surface area contributed by atoms with Crippen LogP contribution < -0.4 is 0 Å². The van der Waals surface area contributed by atoms with Crippen molar-refractivity contribution >= 4 is 11.8 Å². The summed E-state index contributed by atoms with van der Waals surface area (Å²) in [5.41, 5.74) is 1.40. The molecule has 1 unspecified atom stereocenters. The maximum atomic E-state index is 12.8. The third-order valence-electron chi connectivity index (χ3n) is 7.46. The second-order valence-electron chi connectivity index (χ2n) is 9.81. The number of carbonyl (C=O) groups is 2. The van der Waals surface area contributed by atoms with E-state index in [-0.39, 0.29) is 24.4 Å². The van der Waals surface area contributed by atoms with Gasteiger partial charge in [-0.15, -0.1) is 0 Å². The number of rotatable bonds is 7. The molecule has 1 fully saturated rings. The monoisotopic (exact) mass is 402 g/mol. The molecule has 3 aliphatic rings. The van der Waals surface area contributed by atoms with Crippen LogP contribution in [0.4, 0.5) is 0 Å². The minimum Gasteiger partial charge on any atom is -0.462 e. The summed E-state index contributed by atoms with van der Waals surface area (Å²) in [6.45, 7) is 8.67. The Bertz CT molecular complexity index is 664. The van der Waals surface area contributed by atoms with Crippen LogP contribution in [-0.2, 0) is 14.3 Å². The van der Waals surface area contributed by atoms with Crippen LogP contribution >= 0.6 is 0 Å². The van der Waals surface area contributed by atoms with Crippen molar-refractivity contribution in [3.05, 3.63) is 23.8 Å². The lowest BCUT2D eigenvalue weighted by Gasteiger charge is -2.44. The van der Waals surface area contributed by atoms with Gasteiger partial charge in [0.05, 0.1) is 12.5 Å². The Morgan fingerprint density at radius 1 is 1.28 bits per heavy atom. The molecule has 1 heterocycles. The van der Waals surface area contributed by atoms with E-state index in [1.807, 2.05) is 0 Å². The average molecular weight is 403 g/mol. The van der Waals surface area contributed by atoms with Gasteiger partial charge in [-0.1, -0.05) is 45.9 Å². The van der Waals surface area contributed by atoms with Crippen molar-refractivity contribution in [1.82, 2.24) is 0 Å². The van der Waals surface area contributed by atoms with Crippen molar-refractivity contribution in [2.45, 2.75) is 84.8 Å². The van der Waals surface area contributed by atoms with Gasteiger partial charge in [-0.2, -0.15) is 0 Å². The fraction of sp³-hybridized carbons (Fsp3) is 0.760. The fourth-order valence-electron chi connectivity index (χ4n) is 5.66. The molecular formula is C25H38O4. The second kappa shape index (κ2) is 9.59. The number of aliphatic hydroxyl groups excluding tert-OH is 1. The fourth-order valence-corrected chi connectivity index (χ4v) is 5.66. The minimum absolute atomic E-state index is 0.117. The number of allylic oxidation sites excluding steroid dienone is 4. The van der Waals surface area contributed by atoms with Crippen LogP contribution in [0.1, 0.15) is 72.6 Å². The first kappa shape index (κ1) is 22.3. The van der Waals surface area contributed by atoms with Gasteiger partial charge in [-0.3, -0.25) is 9.59 Å². The molecule has 0 radical (unpaired) electrons. The predicted molar refractivity (Wildman–Crippen MR) is 114 cm³/mol. The molecule has 162 valence electrons. The van der Waals surface area contributed by atoms with Crippen molar-refractivity contribution in [3.8, 4) is 0 Å². The van der Waals surface area contributed by atoms with Crippen LogP contribution in [0, 0.1) is 35.5 Å². The number of fused-ring (bicyclic) bond motifs is 1. The number of ketones is 1. The second-order valence-corrected chi connectivity index (χ2v) is 9.81. The molecule has 4 nitrogen and oxygen atoms in total. The van der Waals surface area contributed by atoms with E-state index in [4.69, 9.17) is 4.74 Å². The lowest BCUT2D eigenvalue weighted by molar-refractivity contribution is -0.160. The first-order chi connectivity index (χ1) is 13.8. The summed E-state index contributed by atoms with van der Waals surface area (Å²) < 4.78 is 5.49. The number of Topliss-reactive ketones (excluding diaryl/α,β-unsaturated/α-hetero) is 1. The lowest BCUT2D eigenvalue weighted by atomic mass is 9.61. The van der Waals surface area contributed by atoms with E-state index in [1.165, 1.54) is 5.57 Å². The largest absolute Gasteiger partial charge is 0.462 e. The first-order valence-corrected chi connectivity index (χ1v) is 11.6. The van der Waals surface area contributed by atoms with E-state index >= 15 is 0 Å². The number of carbonyl (C=O) groups excluding carboxylic acids is 2. The summed E-state index contributed by atoms with van der Waals surface area (Å²) in [7, 11) is 0.